The summed E-state index contributed by atoms with van der Waals surface area (Å²) in [5, 5.41) is 8.40. The molecule has 0 fully saturated rings. The first-order valence-electron chi connectivity index (χ1n) is 8.07. The van der Waals surface area contributed by atoms with E-state index in [1.165, 1.54) is 11.3 Å². The molecule has 0 bridgehead atoms. The Morgan fingerprint density at radius 1 is 1.19 bits per heavy atom. The number of aromatic nitrogens is 2. The topological polar surface area (TPSA) is 88.3 Å². The maximum atomic E-state index is 12.2. The van der Waals surface area contributed by atoms with E-state index in [1.807, 2.05) is 41.8 Å². The molecule has 0 atom stereocenters. The molecular formula is C18H18N4O3S. The number of carbonyl (C=O) groups excluding carboxylic acids is 2. The van der Waals surface area contributed by atoms with Gasteiger partial charge < -0.3 is 14.7 Å². The minimum Gasteiger partial charge on any atom is -0.344 e. The Labute approximate surface area is 154 Å². The van der Waals surface area contributed by atoms with Crippen LogP contribution >= 0.6 is 11.3 Å². The Balaban J connectivity index is 1.49. The molecule has 0 spiro atoms. The van der Waals surface area contributed by atoms with Gasteiger partial charge in [-0.1, -0.05) is 41.6 Å². The number of nitrogens with one attached hydrogen (secondary N) is 1. The zero-order valence-corrected chi connectivity index (χ0v) is 15.0. The van der Waals surface area contributed by atoms with Crippen molar-refractivity contribution in [3.8, 4) is 0 Å². The molecule has 3 rings (SSSR count). The predicted molar refractivity (Wildman–Crippen MR) is 96.9 cm³/mol. The molecule has 0 radical (unpaired) electrons. The van der Waals surface area contributed by atoms with Gasteiger partial charge in [0.15, 0.2) is 5.82 Å². The van der Waals surface area contributed by atoms with Crippen LogP contribution in [0.2, 0.25) is 0 Å². The highest BCUT2D eigenvalue weighted by Crippen LogP contribution is 2.11. The van der Waals surface area contributed by atoms with Gasteiger partial charge >= 0.3 is 11.8 Å². The minimum absolute atomic E-state index is 0.0516. The summed E-state index contributed by atoms with van der Waals surface area (Å²) in [5.74, 6) is -0.163. The number of carbonyl (C=O) groups is 2. The van der Waals surface area contributed by atoms with Crippen molar-refractivity contribution in [1.82, 2.24) is 20.4 Å². The van der Waals surface area contributed by atoms with Crippen molar-refractivity contribution >= 4 is 23.2 Å². The maximum absolute atomic E-state index is 12.2. The second kappa shape index (κ2) is 8.39. The fourth-order valence-electron chi connectivity index (χ4n) is 2.26. The third kappa shape index (κ3) is 4.54. The van der Waals surface area contributed by atoms with Gasteiger partial charge in [0.2, 0.25) is 0 Å². The highest BCUT2D eigenvalue weighted by molar-refractivity contribution is 7.12. The number of hydrogen-bond donors (Lipinski definition) is 1. The van der Waals surface area contributed by atoms with E-state index in [0.29, 0.717) is 30.2 Å². The second-order valence-corrected chi connectivity index (χ2v) is 6.59. The summed E-state index contributed by atoms with van der Waals surface area (Å²) in [6, 6.07) is 13.2. The molecule has 0 aliphatic rings. The van der Waals surface area contributed by atoms with Crippen LogP contribution in [0.15, 0.2) is 52.4 Å². The van der Waals surface area contributed by atoms with E-state index < -0.39 is 5.91 Å². The monoisotopic (exact) mass is 370 g/mol. The summed E-state index contributed by atoms with van der Waals surface area (Å²) >= 11 is 1.40. The summed E-state index contributed by atoms with van der Waals surface area (Å²) in [4.78, 5) is 30.6. The van der Waals surface area contributed by atoms with E-state index >= 15 is 0 Å². The minimum atomic E-state index is -0.421. The maximum Gasteiger partial charge on any atom is 0.315 e. The number of rotatable bonds is 7. The van der Waals surface area contributed by atoms with Crippen molar-refractivity contribution in [1.29, 1.82) is 0 Å². The Bertz CT molecular complexity index is 862. The highest BCUT2D eigenvalue weighted by atomic mass is 32.1. The molecule has 1 N–H and O–H groups in total. The van der Waals surface area contributed by atoms with E-state index in [4.69, 9.17) is 4.52 Å². The molecule has 2 amide bonds. The van der Waals surface area contributed by atoms with Crippen LogP contribution in [-0.4, -0.2) is 40.4 Å². The van der Waals surface area contributed by atoms with Gasteiger partial charge in [0.25, 0.3) is 5.91 Å². The summed E-state index contributed by atoms with van der Waals surface area (Å²) in [7, 11) is 1.72. The summed E-state index contributed by atoms with van der Waals surface area (Å²) in [6.45, 7) is 0.816. The van der Waals surface area contributed by atoms with Gasteiger partial charge in [0, 0.05) is 26.6 Å². The first-order chi connectivity index (χ1) is 12.6. The first kappa shape index (κ1) is 17.8. The molecule has 26 heavy (non-hydrogen) atoms. The van der Waals surface area contributed by atoms with Crippen LogP contribution in [0.3, 0.4) is 0 Å². The van der Waals surface area contributed by atoms with Crippen LogP contribution in [0.4, 0.5) is 0 Å². The highest BCUT2D eigenvalue weighted by Gasteiger charge is 2.17. The van der Waals surface area contributed by atoms with Crippen LogP contribution in [-0.2, 0) is 13.0 Å². The standard InChI is InChI=1S/C18H18N4O3S/c1-22(18(24)14-8-5-11-26-14)10-9-15-20-17(25-21-15)16(23)19-12-13-6-3-2-4-7-13/h2-8,11H,9-10,12H2,1H3,(H,19,23). The van der Waals surface area contributed by atoms with Gasteiger partial charge in [-0.2, -0.15) is 4.98 Å². The van der Waals surface area contributed by atoms with Crippen LogP contribution in [0.1, 0.15) is 31.7 Å². The van der Waals surface area contributed by atoms with E-state index in [2.05, 4.69) is 15.5 Å². The average Bonchev–Trinajstić information content (AvgIpc) is 3.36. The van der Waals surface area contributed by atoms with Crippen LogP contribution in [0.5, 0.6) is 0 Å². The Hall–Kier alpha value is -3.00. The summed E-state index contributed by atoms with van der Waals surface area (Å²) < 4.78 is 5.01. The molecule has 3 aromatic rings. The lowest BCUT2D eigenvalue weighted by Crippen LogP contribution is -2.28. The zero-order valence-electron chi connectivity index (χ0n) is 14.2. The fourth-order valence-corrected chi connectivity index (χ4v) is 2.98. The van der Waals surface area contributed by atoms with Gasteiger partial charge in [-0.25, -0.2) is 0 Å². The number of hydrogen-bond acceptors (Lipinski definition) is 6. The third-order valence-corrected chi connectivity index (χ3v) is 4.57. The molecule has 134 valence electrons. The second-order valence-electron chi connectivity index (χ2n) is 5.64. The fraction of sp³-hybridized carbons (Fsp3) is 0.222. The van der Waals surface area contributed by atoms with Crippen molar-refractivity contribution < 1.29 is 14.1 Å². The Morgan fingerprint density at radius 3 is 2.73 bits per heavy atom. The largest absolute Gasteiger partial charge is 0.344 e. The molecule has 0 saturated heterocycles. The molecule has 8 heteroatoms. The molecular weight excluding hydrogens is 352 g/mol. The molecule has 0 aliphatic heterocycles. The normalized spacial score (nSPS) is 10.5. The predicted octanol–water partition coefficient (Wildman–Crippen LogP) is 2.38. The molecule has 0 saturated carbocycles. The number of thiophene rings is 1. The van der Waals surface area contributed by atoms with E-state index in [9.17, 15) is 9.59 Å². The molecule has 0 aliphatic carbocycles. The van der Waals surface area contributed by atoms with Gasteiger partial charge in [-0.15, -0.1) is 11.3 Å². The van der Waals surface area contributed by atoms with Crippen LogP contribution < -0.4 is 5.32 Å². The quantitative estimate of drug-likeness (QED) is 0.690. The number of likely N-dealkylation sites (N-methyl/N-ethyl adjacent to an activating group) is 1. The summed E-state index contributed by atoms with van der Waals surface area (Å²) in [6.07, 6.45) is 0.406. The van der Waals surface area contributed by atoms with Crippen LogP contribution in [0, 0.1) is 0 Å². The molecule has 7 nitrogen and oxygen atoms in total. The molecule has 1 aromatic carbocycles. The Morgan fingerprint density at radius 2 is 2.00 bits per heavy atom. The SMILES string of the molecule is CN(CCc1noc(C(=O)NCc2ccccc2)n1)C(=O)c1cccs1. The molecule has 0 unspecified atom stereocenters. The van der Waals surface area contributed by atoms with Gasteiger partial charge in [0.1, 0.15) is 0 Å². The lowest BCUT2D eigenvalue weighted by molar-refractivity contribution is 0.0800. The molecule has 2 aromatic heterocycles. The van der Waals surface area contributed by atoms with E-state index in [1.54, 1.807) is 18.0 Å². The summed E-state index contributed by atoms with van der Waals surface area (Å²) in [5.41, 5.74) is 0.981. The number of benzene rings is 1. The van der Waals surface area contributed by atoms with E-state index in [-0.39, 0.29) is 11.8 Å². The molecule has 2 heterocycles. The van der Waals surface area contributed by atoms with Crippen LogP contribution in [0.25, 0.3) is 0 Å². The number of amides is 2. The van der Waals surface area contributed by atoms with E-state index in [0.717, 1.165) is 5.56 Å². The first-order valence-corrected chi connectivity index (χ1v) is 8.95. The van der Waals surface area contributed by atoms with Gasteiger partial charge in [-0.05, 0) is 17.0 Å². The lowest BCUT2D eigenvalue weighted by atomic mass is 10.2. The van der Waals surface area contributed by atoms with Gasteiger partial charge in [0.05, 0.1) is 4.88 Å². The zero-order chi connectivity index (χ0) is 18.4. The van der Waals surface area contributed by atoms with Crippen molar-refractivity contribution in [2.24, 2.45) is 0 Å². The van der Waals surface area contributed by atoms with Crippen molar-refractivity contribution in [3.63, 3.8) is 0 Å². The number of nitrogens with zero attached hydrogens (tertiary/aromatic N) is 3. The lowest BCUT2D eigenvalue weighted by Gasteiger charge is -2.14. The third-order valence-electron chi connectivity index (χ3n) is 3.71. The smallest absolute Gasteiger partial charge is 0.315 e. The van der Waals surface area contributed by atoms with Crippen molar-refractivity contribution in [3.05, 3.63) is 70.0 Å². The Kier molecular flexibility index (Phi) is 5.75. The van der Waals surface area contributed by atoms with Crippen molar-refractivity contribution in [2.45, 2.75) is 13.0 Å². The van der Waals surface area contributed by atoms with Crippen molar-refractivity contribution in [2.75, 3.05) is 13.6 Å². The van der Waals surface area contributed by atoms with Gasteiger partial charge in [-0.3, -0.25) is 9.59 Å². The average molecular weight is 370 g/mol.